The quantitative estimate of drug-likeness (QED) is 0.147. The summed E-state index contributed by atoms with van der Waals surface area (Å²) in [5.41, 5.74) is 22.9. The highest BCUT2D eigenvalue weighted by atomic mass is 15.1. The normalized spacial score (nSPS) is 13.6. The third kappa shape index (κ3) is 6.15. The lowest BCUT2D eigenvalue weighted by Gasteiger charge is -2.34. The van der Waals surface area contributed by atoms with Crippen LogP contribution in [-0.2, 0) is 10.8 Å². The predicted octanol–water partition coefficient (Wildman–Crippen LogP) is 16.8. The maximum Gasteiger partial charge on any atom is 0.0714 e. The van der Waals surface area contributed by atoms with Crippen LogP contribution in [0.5, 0.6) is 0 Å². The second kappa shape index (κ2) is 15.4. The van der Waals surface area contributed by atoms with Gasteiger partial charge in [-0.2, -0.15) is 0 Å². The molecule has 2 aliphatic rings. The number of nitrogens with zero attached hydrogens (tertiary/aromatic N) is 1. The highest BCUT2D eigenvalue weighted by molar-refractivity contribution is 5.98. The summed E-state index contributed by atoms with van der Waals surface area (Å²) < 4.78 is 0. The molecule has 0 saturated heterocycles. The number of fused-ring (bicyclic) bond motifs is 6. The van der Waals surface area contributed by atoms with Crippen molar-refractivity contribution in [3.8, 4) is 55.6 Å². The minimum Gasteiger partial charge on any atom is -0.310 e. The van der Waals surface area contributed by atoms with Crippen LogP contribution in [0.4, 0.5) is 17.1 Å². The molecule has 1 nitrogen and oxygen atoms in total. The van der Waals surface area contributed by atoms with Crippen LogP contribution in [0.3, 0.4) is 0 Å². The minimum atomic E-state index is -0.510. The Labute approximate surface area is 382 Å². The number of hydrogen-bond donors (Lipinski definition) is 0. The number of benzene rings is 10. The fraction of sp³-hybridized carbons (Fsp3) is 0.0625. The molecule has 0 unspecified atom stereocenters. The first-order valence-corrected chi connectivity index (χ1v) is 22.8. The van der Waals surface area contributed by atoms with E-state index in [9.17, 15) is 0 Å². The largest absolute Gasteiger partial charge is 0.310 e. The highest BCUT2D eigenvalue weighted by Gasteiger charge is 2.47. The number of rotatable bonds is 8. The van der Waals surface area contributed by atoms with Gasteiger partial charge in [0.1, 0.15) is 0 Å². The summed E-state index contributed by atoms with van der Waals surface area (Å²) in [5, 5.41) is 0. The van der Waals surface area contributed by atoms with Crippen LogP contribution in [-0.4, -0.2) is 0 Å². The molecule has 0 saturated carbocycles. The van der Waals surface area contributed by atoms with E-state index in [-0.39, 0.29) is 5.41 Å². The van der Waals surface area contributed by atoms with Gasteiger partial charge in [-0.05, 0) is 120 Å². The molecule has 0 amide bonds. The molecule has 2 aliphatic carbocycles. The van der Waals surface area contributed by atoms with Gasteiger partial charge in [-0.25, -0.2) is 0 Å². The van der Waals surface area contributed by atoms with E-state index in [4.69, 9.17) is 0 Å². The maximum absolute atomic E-state index is 2.51. The van der Waals surface area contributed by atoms with Crippen molar-refractivity contribution >= 4 is 17.1 Å². The van der Waals surface area contributed by atoms with Gasteiger partial charge in [0.05, 0.1) is 11.1 Å². The second-order valence-electron chi connectivity index (χ2n) is 18.0. The fourth-order valence-electron chi connectivity index (χ4n) is 11.1. The van der Waals surface area contributed by atoms with Crippen molar-refractivity contribution in [1.29, 1.82) is 0 Å². The molecule has 1 heteroatoms. The smallest absolute Gasteiger partial charge is 0.0714 e. The molecule has 0 spiro atoms. The topological polar surface area (TPSA) is 3.24 Å². The predicted molar refractivity (Wildman–Crippen MR) is 272 cm³/mol. The van der Waals surface area contributed by atoms with E-state index < -0.39 is 5.41 Å². The van der Waals surface area contributed by atoms with E-state index in [0.717, 1.165) is 17.1 Å². The summed E-state index contributed by atoms with van der Waals surface area (Å²) in [7, 11) is 0. The Morgan fingerprint density at radius 2 is 0.723 bits per heavy atom. The third-order valence-corrected chi connectivity index (χ3v) is 14.2. The maximum atomic E-state index is 2.51. The number of hydrogen-bond acceptors (Lipinski definition) is 1. The summed E-state index contributed by atoms with van der Waals surface area (Å²) in [6, 6.07) is 91.9. The zero-order chi connectivity index (χ0) is 43.5. The Kier molecular flexibility index (Phi) is 9.14. The van der Waals surface area contributed by atoms with Crippen molar-refractivity contribution < 1.29 is 0 Å². The Morgan fingerprint density at radius 1 is 0.292 bits per heavy atom. The van der Waals surface area contributed by atoms with Crippen LogP contribution < -0.4 is 4.90 Å². The summed E-state index contributed by atoms with van der Waals surface area (Å²) in [6.45, 7) is 4.78. The van der Waals surface area contributed by atoms with Crippen LogP contribution in [0.2, 0.25) is 0 Å². The zero-order valence-corrected chi connectivity index (χ0v) is 36.6. The summed E-state index contributed by atoms with van der Waals surface area (Å²) in [4.78, 5) is 2.51. The van der Waals surface area contributed by atoms with E-state index in [2.05, 4.69) is 267 Å². The fourth-order valence-corrected chi connectivity index (χ4v) is 11.1. The van der Waals surface area contributed by atoms with Crippen LogP contribution in [0.1, 0.15) is 47.2 Å². The van der Waals surface area contributed by atoms with Gasteiger partial charge < -0.3 is 4.90 Å². The Bertz CT molecular complexity index is 3310. The summed E-state index contributed by atoms with van der Waals surface area (Å²) in [6.07, 6.45) is 0. The molecule has 0 heterocycles. The first-order chi connectivity index (χ1) is 32.0. The molecule has 10 aromatic carbocycles. The van der Waals surface area contributed by atoms with Gasteiger partial charge in [0.2, 0.25) is 0 Å². The third-order valence-electron chi connectivity index (χ3n) is 14.2. The molecule has 0 bridgehead atoms. The van der Waals surface area contributed by atoms with Gasteiger partial charge in [-0.15, -0.1) is 0 Å². The summed E-state index contributed by atoms with van der Waals surface area (Å²) in [5.74, 6) is 0. The van der Waals surface area contributed by atoms with E-state index in [0.29, 0.717) is 0 Å². The van der Waals surface area contributed by atoms with Gasteiger partial charge in [-0.1, -0.05) is 226 Å². The van der Waals surface area contributed by atoms with Crippen molar-refractivity contribution in [2.75, 3.05) is 4.90 Å². The van der Waals surface area contributed by atoms with Gasteiger partial charge >= 0.3 is 0 Å². The van der Waals surface area contributed by atoms with Gasteiger partial charge in [-0.3, -0.25) is 0 Å². The molecule has 65 heavy (non-hydrogen) atoms. The molecule has 308 valence electrons. The molecule has 0 fully saturated rings. The zero-order valence-electron chi connectivity index (χ0n) is 36.6. The average Bonchev–Trinajstić information content (AvgIpc) is 3.81. The molecule has 0 atom stereocenters. The Hall–Kier alpha value is -8.00. The molecule has 0 N–H and O–H groups in total. The second-order valence-corrected chi connectivity index (χ2v) is 18.0. The van der Waals surface area contributed by atoms with E-state index >= 15 is 0 Å². The molecular formula is C64H47N. The SMILES string of the molecule is CC1(C)c2cc(-c3ccccc3)ccc2-c2ccc(N(c3ccc(-c4ccc(-c5ccccc5)cc4)cc3)c3cccc4c3-c3ccccc3C4(c3ccccc3)c3ccccc3)cc21. The molecule has 0 aromatic heterocycles. The lowest BCUT2D eigenvalue weighted by molar-refractivity contribution is 0.660. The summed E-state index contributed by atoms with van der Waals surface area (Å²) >= 11 is 0. The Morgan fingerprint density at radius 3 is 1.32 bits per heavy atom. The molecule has 10 aromatic rings. The van der Waals surface area contributed by atoms with Crippen LogP contribution >= 0.6 is 0 Å². The van der Waals surface area contributed by atoms with E-state index in [1.165, 1.54) is 89.0 Å². The molecule has 0 aliphatic heterocycles. The van der Waals surface area contributed by atoms with Gasteiger partial charge in [0, 0.05) is 22.4 Å². The monoisotopic (exact) mass is 829 g/mol. The van der Waals surface area contributed by atoms with Crippen molar-refractivity contribution in [3.05, 3.63) is 282 Å². The number of anilines is 3. The van der Waals surface area contributed by atoms with Crippen LogP contribution in [0.15, 0.2) is 249 Å². The van der Waals surface area contributed by atoms with E-state index in [1.807, 2.05) is 0 Å². The highest BCUT2D eigenvalue weighted by Crippen LogP contribution is 2.60. The van der Waals surface area contributed by atoms with Crippen LogP contribution in [0, 0.1) is 0 Å². The van der Waals surface area contributed by atoms with Crippen molar-refractivity contribution in [2.24, 2.45) is 0 Å². The Balaban J connectivity index is 1.05. The van der Waals surface area contributed by atoms with Crippen LogP contribution in [0.25, 0.3) is 55.6 Å². The van der Waals surface area contributed by atoms with Gasteiger partial charge in [0.25, 0.3) is 0 Å². The first-order valence-electron chi connectivity index (χ1n) is 22.8. The molecule has 12 rings (SSSR count). The lowest BCUT2D eigenvalue weighted by atomic mass is 9.68. The van der Waals surface area contributed by atoms with Gasteiger partial charge in [0.15, 0.2) is 0 Å². The molecular weight excluding hydrogens is 783 g/mol. The molecule has 0 radical (unpaired) electrons. The van der Waals surface area contributed by atoms with Crippen molar-refractivity contribution in [1.82, 2.24) is 0 Å². The lowest BCUT2D eigenvalue weighted by Crippen LogP contribution is -2.28. The first kappa shape index (κ1) is 38.7. The van der Waals surface area contributed by atoms with Crippen molar-refractivity contribution in [3.63, 3.8) is 0 Å². The minimum absolute atomic E-state index is 0.214. The van der Waals surface area contributed by atoms with E-state index in [1.54, 1.807) is 0 Å². The average molecular weight is 830 g/mol. The standard InChI is InChI=1S/C64H47N/c1-63(2)59-42-49(45-20-9-4-10-21-45)36-40-54(59)55-41-39-53(43-60(55)63)65(52-37-34-48(35-38-52)47-32-30-46(31-33-47)44-18-7-3-8-19-44)61-29-17-28-58-62(61)56-26-15-16-27-57(56)64(58,50-22-11-5-12-23-50)51-24-13-6-14-25-51/h3-43H,1-2H3. The van der Waals surface area contributed by atoms with Crippen molar-refractivity contribution in [2.45, 2.75) is 24.7 Å².